The summed E-state index contributed by atoms with van der Waals surface area (Å²) in [6, 6.07) is 0. The van der Waals surface area contributed by atoms with E-state index in [-0.39, 0.29) is 18.8 Å². The van der Waals surface area contributed by atoms with Crippen LogP contribution in [-0.4, -0.2) is 50.1 Å². The Kier molecular flexibility index (Phi) is 2.09. The molecule has 0 N–H and O–H groups in total. The maximum Gasteiger partial charge on any atom is 0.147 e. The van der Waals surface area contributed by atoms with Gasteiger partial charge in [-0.15, -0.1) is 0 Å². The second-order valence-electron chi connectivity index (χ2n) is 2.99. The predicted molar refractivity (Wildman–Crippen MR) is 36.6 cm³/mol. The Balaban J connectivity index is 1.84. The minimum Gasteiger partial charge on any atom is -0.348 e. The number of fused-ring (bicyclic) bond motifs is 1. The van der Waals surface area contributed by atoms with Gasteiger partial charge in [0.25, 0.3) is 0 Å². The number of hydrogen-bond acceptors (Lipinski definition) is 3. The normalized spacial score (nSPS) is 37.9. The zero-order chi connectivity index (χ0) is 7.68. The van der Waals surface area contributed by atoms with Gasteiger partial charge in [0.15, 0.2) is 0 Å². The van der Waals surface area contributed by atoms with E-state index in [1.54, 1.807) is 0 Å². The second-order valence-corrected chi connectivity index (χ2v) is 2.99. The van der Waals surface area contributed by atoms with Crippen LogP contribution in [0.15, 0.2) is 0 Å². The highest BCUT2D eigenvalue weighted by molar-refractivity contribution is 4.87. The molecule has 0 aromatic rings. The summed E-state index contributed by atoms with van der Waals surface area (Å²) in [6.07, 6.45) is 0.447. The maximum absolute atomic E-state index is 10.3. The third-order valence-electron chi connectivity index (χ3n) is 2.26. The third kappa shape index (κ3) is 1.39. The molecule has 63 valence electrons. The Labute approximate surface area is 65.7 Å². The van der Waals surface area contributed by atoms with Gasteiger partial charge in [0.1, 0.15) is 19.0 Å². The molecule has 0 aliphatic carbocycles. The van der Waals surface area contributed by atoms with Crippen molar-refractivity contribution >= 4 is 0 Å². The first-order valence-electron chi connectivity index (χ1n) is 3.94. The fourth-order valence-corrected chi connectivity index (χ4v) is 1.66. The van der Waals surface area contributed by atoms with Crippen molar-refractivity contribution in [3.8, 4) is 0 Å². The number of nitrogens with zero attached hydrogens (tertiary/aromatic N) is 1. The Morgan fingerprint density at radius 1 is 1.27 bits per heavy atom. The van der Waals surface area contributed by atoms with E-state index in [1.165, 1.54) is 0 Å². The van der Waals surface area contributed by atoms with Crippen LogP contribution in [-0.2, 0) is 14.6 Å². The number of ether oxygens (including phenoxy) is 2. The summed E-state index contributed by atoms with van der Waals surface area (Å²) >= 11 is 0. The molecule has 2 heterocycles. The molecule has 2 saturated heterocycles. The Hall–Kier alpha value is -0.160. The van der Waals surface area contributed by atoms with Gasteiger partial charge in [-0.3, -0.25) is 4.90 Å². The van der Waals surface area contributed by atoms with Crippen molar-refractivity contribution < 1.29 is 14.6 Å². The van der Waals surface area contributed by atoms with E-state index in [2.05, 4.69) is 4.90 Å². The minimum absolute atomic E-state index is 0.0283. The average molecular weight is 158 g/mol. The fourth-order valence-electron chi connectivity index (χ4n) is 1.66. The van der Waals surface area contributed by atoms with Gasteiger partial charge in [0.05, 0.1) is 6.61 Å². The van der Waals surface area contributed by atoms with Crippen molar-refractivity contribution in [2.75, 3.05) is 33.0 Å². The molecule has 2 atom stereocenters. The summed E-state index contributed by atoms with van der Waals surface area (Å²) in [6.45, 7) is 2.76. The molecule has 2 fully saturated rings. The van der Waals surface area contributed by atoms with Crippen molar-refractivity contribution in [1.82, 2.24) is 4.90 Å². The molecular weight excluding hydrogens is 146 g/mol. The molecule has 0 spiro atoms. The van der Waals surface area contributed by atoms with Crippen LogP contribution in [0, 0.1) is 0 Å². The molecule has 4 nitrogen and oxygen atoms in total. The van der Waals surface area contributed by atoms with E-state index in [0.717, 1.165) is 13.1 Å². The van der Waals surface area contributed by atoms with Gasteiger partial charge in [-0.25, -0.2) is 5.11 Å². The Morgan fingerprint density at radius 2 is 1.91 bits per heavy atom. The summed E-state index contributed by atoms with van der Waals surface area (Å²) in [5, 5.41) is 10.3. The summed E-state index contributed by atoms with van der Waals surface area (Å²) < 4.78 is 10.6. The number of rotatable bonds is 2. The Bertz CT molecular complexity index is 130. The zero-order valence-electron chi connectivity index (χ0n) is 6.36. The van der Waals surface area contributed by atoms with E-state index < -0.39 is 0 Å². The lowest BCUT2D eigenvalue weighted by atomic mass is 10.3. The van der Waals surface area contributed by atoms with Crippen molar-refractivity contribution in [1.29, 1.82) is 0 Å². The van der Waals surface area contributed by atoms with Gasteiger partial charge in [-0.2, -0.15) is 0 Å². The van der Waals surface area contributed by atoms with E-state index in [0.29, 0.717) is 13.3 Å². The SMILES string of the molecule is [O]CCN1CC2OCOC2C1. The molecule has 2 rings (SSSR count). The van der Waals surface area contributed by atoms with Crippen molar-refractivity contribution in [2.24, 2.45) is 0 Å². The van der Waals surface area contributed by atoms with Crippen LogP contribution in [0.2, 0.25) is 0 Å². The lowest BCUT2D eigenvalue weighted by Crippen LogP contribution is -2.26. The van der Waals surface area contributed by atoms with Gasteiger partial charge < -0.3 is 9.47 Å². The summed E-state index contributed by atoms with van der Waals surface area (Å²) in [7, 11) is 0. The van der Waals surface area contributed by atoms with Crippen LogP contribution in [0.5, 0.6) is 0 Å². The minimum atomic E-state index is -0.0283. The first-order valence-corrected chi connectivity index (χ1v) is 3.94. The van der Waals surface area contributed by atoms with E-state index in [9.17, 15) is 5.11 Å². The second kappa shape index (κ2) is 3.06. The van der Waals surface area contributed by atoms with Crippen LogP contribution in [0.25, 0.3) is 0 Å². The maximum atomic E-state index is 10.3. The van der Waals surface area contributed by atoms with E-state index >= 15 is 0 Å². The number of hydrogen-bond donors (Lipinski definition) is 0. The molecule has 2 unspecified atom stereocenters. The quantitative estimate of drug-likeness (QED) is 0.542. The van der Waals surface area contributed by atoms with Crippen LogP contribution in [0.3, 0.4) is 0 Å². The van der Waals surface area contributed by atoms with Crippen LogP contribution >= 0.6 is 0 Å². The molecule has 2 aliphatic rings. The number of likely N-dealkylation sites (tertiary alicyclic amines) is 1. The van der Waals surface area contributed by atoms with Gasteiger partial charge in [-0.05, 0) is 0 Å². The van der Waals surface area contributed by atoms with Crippen LogP contribution < -0.4 is 0 Å². The smallest absolute Gasteiger partial charge is 0.147 e. The summed E-state index contributed by atoms with van der Waals surface area (Å²) in [4.78, 5) is 2.10. The van der Waals surface area contributed by atoms with Crippen molar-refractivity contribution in [2.45, 2.75) is 12.2 Å². The summed E-state index contributed by atoms with van der Waals surface area (Å²) in [5.74, 6) is 0. The molecule has 0 bridgehead atoms. The van der Waals surface area contributed by atoms with Gasteiger partial charge in [0.2, 0.25) is 0 Å². The van der Waals surface area contributed by atoms with Crippen molar-refractivity contribution in [3.05, 3.63) is 0 Å². The molecule has 0 saturated carbocycles. The third-order valence-corrected chi connectivity index (χ3v) is 2.26. The lowest BCUT2D eigenvalue weighted by Gasteiger charge is -2.13. The summed E-state index contributed by atoms with van der Waals surface area (Å²) in [5.41, 5.74) is 0. The van der Waals surface area contributed by atoms with Gasteiger partial charge >= 0.3 is 0 Å². The zero-order valence-corrected chi connectivity index (χ0v) is 6.36. The molecule has 1 radical (unpaired) electrons. The van der Waals surface area contributed by atoms with E-state index in [1.807, 2.05) is 0 Å². The molecule has 0 amide bonds. The standard InChI is InChI=1S/C7H12NO3/c9-2-1-8-3-6-7(4-8)11-5-10-6/h6-7H,1-5H2. The van der Waals surface area contributed by atoms with E-state index in [4.69, 9.17) is 9.47 Å². The van der Waals surface area contributed by atoms with Gasteiger partial charge in [0, 0.05) is 19.6 Å². The first-order chi connectivity index (χ1) is 5.40. The van der Waals surface area contributed by atoms with Crippen LogP contribution in [0.4, 0.5) is 0 Å². The van der Waals surface area contributed by atoms with Gasteiger partial charge in [-0.1, -0.05) is 0 Å². The molecule has 0 aromatic heterocycles. The highest BCUT2D eigenvalue weighted by atomic mass is 16.7. The van der Waals surface area contributed by atoms with Crippen molar-refractivity contribution in [3.63, 3.8) is 0 Å². The largest absolute Gasteiger partial charge is 0.348 e. The monoisotopic (exact) mass is 158 g/mol. The molecule has 2 aliphatic heterocycles. The molecule has 0 aromatic carbocycles. The molecule has 4 heteroatoms. The molecule has 11 heavy (non-hydrogen) atoms. The highest BCUT2D eigenvalue weighted by Crippen LogP contribution is 2.21. The average Bonchev–Trinajstić information content (AvgIpc) is 2.46. The lowest BCUT2D eigenvalue weighted by molar-refractivity contribution is 0.0119. The Morgan fingerprint density at radius 3 is 2.45 bits per heavy atom. The topological polar surface area (TPSA) is 41.6 Å². The highest BCUT2D eigenvalue weighted by Gasteiger charge is 2.37. The predicted octanol–water partition coefficient (Wildman–Crippen LogP) is -0.526. The molecular formula is C7H12NO3. The fraction of sp³-hybridized carbons (Fsp3) is 1.00. The first kappa shape index (κ1) is 7.49. The van der Waals surface area contributed by atoms with Crippen LogP contribution in [0.1, 0.15) is 0 Å².